The van der Waals surface area contributed by atoms with Gasteiger partial charge in [0.2, 0.25) is 0 Å². The average molecular weight is 194 g/mol. The van der Waals surface area contributed by atoms with E-state index in [0.717, 1.165) is 17.8 Å². The van der Waals surface area contributed by atoms with Crippen molar-refractivity contribution in [3.8, 4) is 0 Å². The fraction of sp³-hybridized carbons (Fsp3) is 1.00. The highest BCUT2D eigenvalue weighted by Gasteiger charge is 2.49. The van der Waals surface area contributed by atoms with E-state index in [1.54, 1.807) is 0 Å². The zero-order valence-electron chi connectivity index (χ0n) is 8.52. The van der Waals surface area contributed by atoms with Gasteiger partial charge < -0.3 is 9.47 Å². The molecule has 3 saturated heterocycles. The van der Waals surface area contributed by atoms with E-state index >= 15 is 0 Å². The van der Waals surface area contributed by atoms with Crippen molar-refractivity contribution >= 4 is 0 Å². The van der Waals surface area contributed by atoms with Crippen molar-refractivity contribution in [1.82, 2.24) is 0 Å². The Morgan fingerprint density at radius 2 is 1.50 bits per heavy atom. The van der Waals surface area contributed by atoms with Crippen LogP contribution in [0.2, 0.25) is 0 Å². The van der Waals surface area contributed by atoms with E-state index in [9.17, 15) is 0 Å². The standard InChI is InChI=1S/C12H18O2/c1-2-8-6-12-13-10-4-3-9(8)7(1)5-11(10)14-12/h7-12H,1-6H2. The van der Waals surface area contributed by atoms with Crippen LogP contribution in [0.4, 0.5) is 0 Å². The lowest BCUT2D eigenvalue weighted by atomic mass is 9.83. The zero-order chi connectivity index (χ0) is 9.12. The summed E-state index contributed by atoms with van der Waals surface area (Å²) in [6.45, 7) is 0. The molecule has 0 aromatic rings. The first-order valence-corrected chi connectivity index (χ1v) is 6.21. The lowest BCUT2D eigenvalue weighted by Crippen LogP contribution is -2.25. The van der Waals surface area contributed by atoms with Crippen molar-refractivity contribution in [1.29, 1.82) is 0 Å². The smallest absolute Gasteiger partial charge is 0.158 e. The van der Waals surface area contributed by atoms with Crippen LogP contribution in [0.5, 0.6) is 0 Å². The van der Waals surface area contributed by atoms with Gasteiger partial charge in [-0.05, 0) is 49.9 Å². The zero-order valence-corrected chi connectivity index (χ0v) is 8.52. The number of hydrogen-bond acceptors (Lipinski definition) is 2. The molecule has 6 unspecified atom stereocenters. The lowest BCUT2D eigenvalue weighted by Gasteiger charge is -2.28. The van der Waals surface area contributed by atoms with Crippen LogP contribution in [-0.2, 0) is 9.47 Å². The number of hydrogen-bond donors (Lipinski definition) is 0. The largest absolute Gasteiger partial charge is 0.347 e. The monoisotopic (exact) mass is 194 g/mol. The van der Waals surface area contributed by atoms with Crippen LogP contribution in [0.15, 0.2) is 0 Å². The quantitative estimate of drug-likeness (QED) is 0.589. The maximum atomic E-state index is 5.99. The Labute approximate surface area is 85.0 Å². The van der Waals surface area contributed by atoms with Crippen LogP contribution < -0.4 is 0 Å². The predicted molar refractivity (Wildman–Crippen MR) is 51.7 cm³/mol. The Balaban J connectivity index is 1.75. The van der Waals surface area contributed by atoms with Crippen molar-refractivity contribution in [3.05, 3.63) is 0 Å². The summed E-state index contributed by atoms with van der Waals surface area (Å²) in [5.74, 6) is 2.92. The van der Waals surface area contributed by atoms with Gasteiger partial charge in [-0.2, -0.15) is 0 Å². The molecule has 0 amide bonds. The van der Waals surface area contributed by atoms with Crippen molar-refractivity contribution in [2.75, 3.05) is 0 Å². The van der Waals surface area contributed by atoms with Crippen molar-refractivity contribution in [2.24, 2.45) is 17.8 Å². The predicted octanol–water partition coefficient (Wildman–Crippen LogP) is 2.33. The first-order chi connectivity index (χ1) is 6.90. The van der Waals surface area contributed by atoms with Gasteiger partial charge in [-0.3, -0.25) is 0 Å². The maximum absolute atomic E-state index is 5.99. The maximum Gasteiger partial charge on any atom is 0.158 e. The minimum absolute atomic E-state index is 0.164. The summed E-state index contributed by atoms with van der Waals surface area (Å²) in [7, 11) is 0. The Kier molecular flexibility index (Phi) is 1.58. The Bertz CT molecular complexity index is 247. The fourth-order valence-electron chi connectivity index (χ4n) is 4.37. The number of rotatable bonds is 0. The molecular weight excluding hydrogens is 176 g/mol. The van der Waals surface area contributed by atoms with Gasteiger partial charge in [-0.1, -0.05) is 0 Å². The van der Waals surface area contributed by atoms with Crippen molar-refractivity contribution < 1.29 is 9.47 Å². The second-order valence-corrected chi connectivity index (χ2v) is 5.59. The molecule has 5 rings (SSSR count). The molecule has 2 aliphatic carbocycles. The van der Waals surface area contributed by atoms with Gasteiger partial charge in [-0.15, -0.1) is 0 Å². The third-order valence-electron chi connectivity index (χ3n) is 5.00. The molecule has 2 saturated carbocycles. The third kappa shape index (κ3) is 0.989. The van der Waals surface area contributed by atoms with E-state index in [-0.39, 0.29) is 6.29 Å². The fourth-order valence-corrected chi connectivity index (χ4v) is 4.37. The van der Waals surface area contributed by atoms with E-state index in [1.165, 1.54) is 38.5 Å². The minimum atomic E-state index is 0.164. The molecule has 0 N–H and O–H groups in total. The molecule has 0 aromatic heterocycles. The van der Waals surface area contributed by atoms with Gasteiger partial charge >= 0.3 is 0 Å². The molecule has 3 heterocycles. The summed E-state index contributed by atoms with van der Waals surface area (Å²) in [5.41, 5.74) is 0. The summed E-state index contributed by atoms with van der Waals surface area (Å²) in [4.78, 5) is 0. The first-order valence-electron chi connectivity index (χ1n) is 6.21. The third-order valence-corrected chi connectivity index (χ3v) is 5.00. The Hall–Kier alpha value is -0.0800. The van der Waals surface area contributed by atoms with Gasteiger partial charge in [0.25, 0.3) is 0 Å². The van der Waals surface area contributed by atoms with E-state index in [0.29, 0.717) is 12.2 Å². The van der Waals surface area contributed by atoms with Gasteiger partial charge in [0.05, 0.1) is 12.2 Å². The van der Waals surface area contributed by atoms with Gasteiger partial charge in [0, 0.05) is 6.42 Å². The number of fused-ring (bicyclic) bond motifs is 1. The highest BCUT2D eigenvalue weighted by atomic mass is 16.7. The van der Waals surface area contributed by atoms with Gasteiger partial charge in [-0.25, -0.2) is 0 Å². The molecule has 0 radical (unpaired) electrons. The van der Waals surface area contributed by atoms with Gasteiger partial charge in [0.1, 0.15) is 0 Å². The normalized spacial score (nSPS) is 60.0. The topological polar surface area (TPSA) is 18.5 Å². The van der Waals surface area contributed by atoms with E-state index < -0.39 is 0 Å². The molecular formula is C12H18O2. The Morgan fingerprint density at radius 1 is 0.714 bits per heavy atom. The van der Waals surface area contributed by atoms with E-state index in [2.05, 4.69) is 0 Å². The summed E-state index contributed by atoms with van der Waals surface area (Å²) in [6, 6.07) is 0. The summed E-state index contributed by atoms with van der Waals surface area (Å²) < 4.78 is 12.0. The van der Waals surface area contributed by atoms with Gasteiger partial charge in [0.15, 0.2) is 6.29 Å². The molecule has 3 aliphatic heterocycles. The van der Waals surface area contributed by atoms with E-state index in [4.69, 9.17) is 9.47 Å². The highest BCUT2D eigenvalue weighted by Crippen LogP contribution is 2.52. The molecule has 5 fully saturated rings. The molecule has 2 heteroatoms. The molecule has 6 bridgehead atoms. The van der Waals surface area contributed by atoms with Crippen LogP contribution in [0.1, 0.15) is 38.5 Å². The van der Waals surface area contributed by atoms with Crippen LogP contribution in [0.25, 0.3) is 0 Å². The van der Waals surface area contributed by atoms with Crippen molar-refractivity contribution in [2.45, 2.75) is 57.0 Å². The summed E-state index contributed by atoms with van der Waals surface area (Å²) in [6.07, 6.45) is 9.13. The lowest BCUT2D eigenvalue weighted by molar-refractivity contribution is -0.0984. The highest BCUT2D eigenvalue weighted by molar-refractivity contribution is 4.96. The molecule has 0 aromatic carbocycles. The summed E-state index contributed by atoms with van der Waals surface area (Å²) >= 11 is 0. The van der Waals surface area contributed by atoms with Crippen LogP contribution in [0, 0.1) is 17.8 Å². The van der Waals surface area contributed by atoms with Crippen molar-refractivity contribution in [3.63, 3.8) is 0 Å². The van der Waals surface area contributed by atoms with Crippen LogP contribution in [0.3, 0.4) is 0 Å². The molecule has 78 valence electrons. The second-order valence-electron chi connectivity index (χ2n) is 5.59. The Morgan fingerprint density at radius 3 is 2.43 bits per heavy atom. The SMILES string of the molecule is C1CC2CC3OC4CC1C2CCC3O4. The minimum Gasteiger partial charge on any atom is -0.347 e. The van der Waals surface area contributed by atoms with Crippen LogP contribution >= 0.6 is 0 Å². The summed E-state index contributed by atoms with van der Waals surface area (Å²) in [5, 5.41) is 0. The number of ether oxygens (including phenoxy) is 2. The van der Waals surface area contributed by atoms with Crippen LogP contribution in [-0.4, -0.2) is 18.5 Å². The molecule has 2 nitrogen and oxygen atoms in total. The molecule has 14 heavy (non-hydrogen) atoms. The molecule has 5 aliphatic rings. The average Bonchev–Trinajstić information content (AvgIpc) is 2.67. The molecule has 6 atom stereocenters. The second kappa shape index (κ2) is 2.73. The first kappa shape index (κ1) is 8.12. The van der Waals surface area contributed by atoms with E-state index in [1.807, 2.05) is 0 Å². The molecule has 0 spiro atoms.